The lowest BCUT2D eigenvalue weighted by Crippen LogP contribution is -2.87. The second-order valence-corrected chi connectivity index (χ2v) is 8.95. The SMILES string of the molecule is C[C@H]1C(=O)[C@]23C[C@H]1CC[C@]21O[C@@H]2C(C)(C)C=CC(=O)[C@]21COC3=O. The number of rotatable bonds is 0. The average Bonchev–Trinajstić information content (AvgIpc) is 2.73. The van der Waals surface area contributed by atoms with Crippen molar-refractivity contribution in [2.75, 3.05) is 6.61 Å². The van der Waals surface area contributed by atoms with Gasteiger partial charge in [0.15, 0.2) is 17.0 Å². The predicted molar refractivity (Wildman–Crippen MR) is 82.9 cm³/mol. The fraction of sp³-hybridized carbons (Fsp3) is 0.737. The highest BCUT2D eigenvalue weighted by Gasteiger charge is 2.88. The first-order chi connectivity index (χ1) is 11.2. The monoisotopic (exact) mass is 330 g/mol. The first-order valence-electron chi connectivity index (χ1n) is 8.86. The van der Waals surface area contributed by atoms with Gasteiger partial charge in [0.2, 0.25) is 0 Å². The van der Waals surface area contributed by atoms with Crippen LogP contribution >= 0.6 is 0 Å². The molecule has 0 aromatic rings. The highest BCUT2D eigenvalue weighted by atomic mass is 16.6. The van der Waals surface area contributed by atoms with Crippen LogP contribution in [0.4, 0.5) is 0 Å². The zero-order valence-electron chi connectivity index (χ0n) is 14.3. The summed E-state index contributed by atoms with van der Waals surface area (Å²) in [5, 5.41) is 0. The van der Waals surface area contributed by atoms with Gasteiger partial charge in [-0.05, 0) is 31.3 Å². The lowest BCUT2D eigenvalue weighted by molar-refractivity contribution is -0.387. The van der Waals surface area contributed by atoms with Crippen LogP contribution in [0.2, 0.25) is 0 Å². The molecule has 5 heteroatoms. The number of allylic oxidation sites excluding steroid dienone is 1. The fourth-order valence-electron chi connectivity index (χ4n) is 6.47. The standard InChI is InChI=1S/C19H22O5/c1-10-11-4-7-19-17(8-11,13(10)21)15(22)23-9-18(19)12(20)5-6-16(2,3)14(18)24-19/h5-6,10-11,14H,4,7-9H2,1-3H3/t10-,11-,14-,17+,18-,19+/m1/s1. The number of cyclic esters (lactones) is 1. The van der Waals surface area contributed by atoms with Gasteiger partial charge in [0.1, 0.15) is 17.6 Å². The minimum Gasteiger partial charge on any atom is -0.464 e. The number of Topliss-reactive ketones (excluding diaryl/α,β-unsaturated/α-hetero) is 1. The topological polar surface area (TPSA) is 69.7 Å². The molecular formula is C19H22O5. The zero-order valence-corrected chi connectivity index (χ0v) is 14.3. The molecule has 0 N–H and O–H groups in total. The molecular weight excluding hydrogens is 308 g/mol. The van der Waals surface area contributed by atoms with E-state index in [1.54, 1.807) is 6.08 Å². The molecule has 0 aromatic heterocycles. The second kappa shape index (κ2) is 3.85. The third-order valence-corrected chi connectivity index (χ3v) is 7.71. The molecule has 0 radical (unpaired) electrons. The summed E-state index contributed by atoms with van der Waals surface area (Å²) >= 11 is 0. The third-order valence-electron chi connectivity index (χ3n) is 7.71. The van der Waals surface area contributed by atoms with E-state index in [4.69, 9.17) is 9.47 Å². The molecule has 2 saturated heterocycles. The molecule has 2 saturated carbocycles. The first-order valence-corrected chi connectivity index (χ1v) is 8.86. The van der Waals surface area contributed by atoms with Crippen molar-refractivity contribution in [3.05, 3.63) is 12.2 Å². The van der Waals surface area contributed by atoms with Gasteiger partial charge in [-0.1, -0.05) is 26.8 Å². The summed E-state index contributed by atoms with van der Waals surface area (Å²) in [5.41, 5.74) is -3.50. The van der Waals surface area contributed by atoms with Crippen molar-refractivity contribution in [3.63, 3.8) is 0 Å². The first kappa shape index (κ1) is 14.8. The fourth-order valence-corrected chi connectivity index (χ4v) is 6.47. The zero-order chi connectivity index (χ0) is 17.1. The summed E-state index contributed by atoms with van der Waals surface area (Å²) < 4.78 is 12.0. The number of ketones is 2. The predicted octanol–water partition coefficient (Wildman–Crippen LogP) is 1.84. The van der Waals surface area contributed by atoms with Gasteiger partial charge in [0.25, 0.3) is 0 Å². The molecule has 3 aliphatic carbocycles. The maximum absolute atomic E-state index is 13.2. The minimum absolute atomic E-state index is 0.0389. The van der Waals surface area contributed by atoms with Gasteiger partial charge in [-0.2, -0.15) is 0 Å². The average molecular weight is 330 g/mol. The van der Waals surface area contributed by atoms with Gasteiger partial charge in [-0.15, -0.1) is 0 Å². The maximum atomic E-state index is 13.2. The van der Waals surface area contributed by atoms with Crippen LogP contribution < -0.4 is 0 Å². The molecule has 6 atom stereocenters. The van der Waals surface area contributed by atoms with Crippen LogP contribution in [-0.4, -0.2) is 35.8 Å². The Bertz CT molecular complexity index is 736. The smallest absolute Gasteiger partial charge is 0.322 e. The molecule has 2 bridgehead atoms. The van der Waals surface area contributed by atoms with Gasteiger partial charge in [-0.25, -0.2) is 0 Å². The number of fused-ring (bicyclic) bond motifs is 1. The largest absolute Gasteiger partial charge is 0.464 e. The van der Waals surface area contributed by atoms with E-state index in [2.05, 4.69) is 0 Å². The summed E-state index contributed by atoms with van der Waals surface area (Å²) in [5.74, 6) is -0.568. The Morgan fingerprint density at radius 3 is 2.71 bits per heavy atom. The van der Waals surface area contributed by atoms with Gasteiger partial charge in [-0.3, -0.25) is 14.4 Å². The van der Waals surface area contributed by atoms with Crippen molar-refractivity contribution in [1.82, 2.24) is 0 Å². The summed E-state index contributed by atoms with van der Waals surface area (Å²) in [7, 11) is 0. The van der Waals surface area contributed by atoms with E-state index in [0.29, 0.717) is 12.8 Å². The minimum atomic E-state index is -1.28. The van der Waals surface area contributed by atoms with E-state index in [1.807, 2.05) is 26.8 Å². The lowest BCUT2D eigenvalue weighted by atomic mass is 9.42. The maximum Gasteiger partial charge on any atom is 0.322 e. The molecule has 4 fully saturated rings. The van der Waals surface area contributed by atoms with Gasteiger partial charge < -0.3 is 9.47 Å². The molecule has 3 spiro atoms. The van der Waals surface area contributed by atoms with Crippen LogP contribution in [0, 0.1) is 28.1 Å². The van der Waals surface area contributed by atoms with Crippen LogP contribution in [0.5, 0.6) is 0 Å². The van der Waals surface area contributed by atoms with Gasteiger partial charge in [0, 0.05) is 11.3 Å². The lowest BCUT2D eigenvalue weighted by Gasteiger charge is -2.73. The Kier molecular flexibility index (Phi) is 2.37. The summed E-state index contributed by atoms with van der Waals surface area (Å²) in [6.45, 7) is 6.00. The normalized spacial score (nSPS) is 53.6. The van der Waals surface area contributed by atoms with Crippen molar-refractivity contribution in [2.24, 2.45) is 28.1 Å². The van der Waals surface area contributed by atoms with E-state index < -0.39 is 22.4 Å². The van der Waals surface area contributed by atoms with Crippen molar-refractivity contribution < 1.29 is 23.9 Å². The Labute approximate surface area is 140 Å². The molecule has 5 rings (SSSR count). The summed E-state index contributed by atoms with van der Waals surface area (Å²) in [6.07, 6.45) is 5.04. The molecule has 0 amide bonds. The highest BCUT2D eigenvalue weighted by Crippen LogP contribution is 2.74. The van der Waals surface area contributed by atoms with Gasteiger partial charge in [0.05, 0.1) is 6.10 Å². The Morgan fingerprint density at radius 2 is 1.96 bits per heavy atom. The van der Waals surface area contributed by atoms with E-state index in [9.17, 15) is 14.4 Å². The second-order valence-electron chi connectivity index (χ2n) is 8.95. The third kappa shape index (κ3) is 1.15. The van der Waals surface area contributed by atoms with E-state index in [1.165, 1.54) is 0 Å². The highest BCUT2D eigenvalue weighted by molar-refractivity contribution is 6.12. The molecule has 0 aromatic carbocycles. The molecule has 0 unspecified atom stereocenters. The molecule has 5 aliphatic rings. The van der Waals surface area contributed by atoms with E-state index in [-0.39, 0.29) is 41.5 Å². The Balaban J connectivity index is 1.76. The number of carbonyl (C=O) groups excluding carboxylic acids is 3. The van der Waals surface area contributed by atoms with Crippen LogP contribution in [0.3, 0.4) is 0 Å². The summed E-state index contributed by atoms with van der Waals surface area (Å²) in [6, 6.07) is 0. The number of ether oxygens (including phenoxy) is 2. The molecule has 2 heterocycles. The van der Waals surface area contributed by atoms with Crippen molar-refractivity contribution >= 4 is 17.5 Å². The molecule has 5 nitrogen and oxygen atoms in total. The van der Waals surface area contributed by atoms with Crippen LogP contribution in [0.25, 0.3) is 0 Å². The van der Waals surface area contributed by atoms with Crippen LogP contribution in [-0.2, 0) is 23.9 Å². The molecule has 2 aliphatic heterocycles. The Morgan fingerprint density at radius 1 is 1.21 bits per heavy atom. The van der Waals surface area contributed by atoms with Gasteiger partial charge >= 0.3 is 5.97 Å². The van der Waals surface area contributed by atoms with E-state index in [0.717, 1.165) is 6.42 Å². The van der Waals surface area contributed by atoms with Crippen molar-refractivity contribution in [1.29, 1.82) is 0 Å². The number of esters is 1. The molecule has 128 valence electrons. The van der Waals surface area contributed by atoms with Crippen LogP contribution in [0.15, 0.2) is 12.2 Å². The van der Waals surface area contributed by atoms with Crippen LogP contribution in [0.1, 0.15) is 40.0 Å². The number of hydrogen-bond donors (Lipinski definition) is 0. The van der Waals surface area contributed by atoms with E-state index >= 15 is 0 Å². The number of carbonyl (C=O) groups is 3. The number of hydrogen-bond acceptors (Lipinski definition) is 5. The van der Waals surface area contributed by atoms with Crippen molar-refractivity contribution in [3.8, 4) is 0 Å². The van der Waals surface area contributed by atoms with Crippen molar-refractivity contribution in [2.45, 2.75) is 51.7 Å². The quantitative estimate of drug-likeness (QED) is 0.501. The summed E-state index contributed by atoms with van der Waals surface area (Å²) in [4.78, 5) is 39.0. The Hall–Kier alpha value is -1.49. The molecule has 24 heavy (non-hydrogen) atoms.